The summed E-state index contributed by atoms with van der Waals surface area (Å²) in [5.41, 5.74) is 3.36. The molecule has 2 aromatic carbocycles. The Hall–Kier alpha value is -2.92. The summed E-state index contributed by atoms with van der Waals surface area (Å²) in [5, 5.41) is 13.7. The van der Waals surface area contributed by atoms with Crippen molar-refractivity contribution >= 4 is 28.7 Å². The van der Waals surface area contributed by atoms with Gasteiger partial charge in [0.05, 0.1) is 6.21 Å². The highest BCUT2D eigenvalue weighted by molar-refractivity contribution is 6.30. The molecule has 4 rings (SSSR count). The lowest BCUT2D eigenvalue weighted by Gasteiger charge is -2.05. The van der Waals surface area contributed by atoms with Crippen LogP contribution in [0.15, 0.2) is 72.5 Å². The third kappa shape index (κ3) is 2.94. The van der Waals surface area contributed by atoms with Crippen molar-refractivity contribution < 1.29 is 0 Å². The fourth-order valence-electron chi connectivity index (χ4n) is 2.72. The van der Waals surface area contributed by atoms with Crippen molar-refractivity contribution in [2.75, 3.05) is 0 Å². The fourth-order valence-corrected chi connectivity index (χ4v) is 2.94. The predicted molar refractivity (Wildman–Crippen MR) is 95.5 cm³/mol. The molecule has 0 saturated heterocycles. The topological polar surface area (TPSA) is 48.0 Å². The number of para-hydroxylation sites is 1. The van der Waals surface area contributed by atoms with Gasteiger partial charge in [-0.1, -0.05) is 41.9 Å². The molecule has 6 heteroatoms. The maximum absolute atomic E-state index is 6.10. The van der Waals surface area contributed by atoms with Crippen LogP contribution < -0.4 is 0 Å². The summed E-state index contributed by atoms with van der Waals surface area (Å²) in [6.07, 6.45) is 7.03. The van der Waals surface area contributed by atoms with Crippen LogP contribution in [0, 0.1) is 0 Å². The summed E-state index contributed by atoms with van der Waals surface area (Å²) in [5.74, 6) is 0. The highest BCUT2D eigenvalue weighted by Crippen LogP contribution is 2.22. The first-order valence-electron chi connectivity index (χ1n) is 7.51. The summed E-state index contributed by atoms with van der Waals surface area (Å²) in [6.45, 7) is 0.752. The molecule has 5 nitrogen and oxygen atoms in total. The van der Waals surface area contributed by atoms with Gasteiger partial charge in [0.25, 0.3) is 0 Å². The van der Waals surface area contributed by atoms with E-state index >= 15 is 0 Å². The third-order valence-corrected chi connectivity index (χ3v) is 4.03. The van der Waals surface area contributed by atoms with E-state index in [0.717, 1.165) is 33.6 Å². The molecule has 4 aromatic rings. The van der Waals surface area contributed by atoms with E-state index in [1.807, 2.05) is 36.5 Å². The summed E-state index contributed by atoms with van der Waals surface area (Å²) in [4.78, 5) is 0. The van der Waals surface area contributed by atoms with Gasteiger partial charge >= 0.3 is 0 Å². The van der Waals surface area contributed by atoms with Gasteiger partial charge in [0, 0.05) is 34.2 Å². The molecule has 24 heavy (non-hydrogen) atoms. The van der Waals surface area contributed by atoms with Crippen LogP contribution in [0.3, 0.4) is 0 Å². The van der Waals surface area contributed by atoms with Crippen LogP contribution in [0.25, 0.3) is 10.9 Å². The van der Waals surface area contributed by atoms with Gasteiger partial charge in [0.1, 0.15) is 12.7 Å². The van der Waals surface area contributed by atoms with Gasteiger partial charge in [-0.15, -0.1) is 10.2 Å². The molecule has 0 atom stereocenters. The molecule has 0 N–H and O–H groups in total. The second-order valence-electron chi connectivity index (χ2n) is 5.45. The Bertz CT molecular complexity index is 1000. The number of fused-ring (bicyclic) bond motifs is 1. The van der Waals surface area contributed by atoms with E-state index in [0.29, 0.717) is 0 Å². The molecule has 2 aromatic heterocycles. The SMILES string of the molecule is Clc1cccc(Cn2cc(/C=N\n3cnnc3)c3ccccc32)c1. The number of nitrogens with zero attached hydrogens (tertiary/aromatic N) is 5. The maximum Gasteiger partial charge on any atom is 0.141 e. The first kappa shape index (κ1) is 14.7. The molecule has 118 valence electrons. The van der Waals surface area contributed by atoms with Crippen molar-refractivity contribution in [1.29, 1.82) is 0 Å². The third-order valence-electron chi connectivity index (χ3n) is 3.80. The number of aromatic nitrogens is 4. The van der Waals surface area contributed by atoms with E-state index in [1.165, 1.54) is 0 Å². The van der Waals surface area contributed by atoms with Crippen LogP contribution in [-0.2, 0) is 6.54 Å². The Morgan fingerprint density at radius 3 is 2.71 bits per heavy atom. The van der Waals surface area contributed by atoms with Crippen LogP contribution >= 0.6 is 11.6 Å². The van der Waals surface area contributed by atoms with Crippen molar-refractivity contribution in [2.24, 2.45) is 5.10 Å². The van der Waals surface area contributed by atoms with Crippen LogP contribution in [0.2, 0.25) is 5.02 Å². The number of hydrogen-bond donors (Lipinski definition) is 0. The second kappa shape index (κ2) is 6.29. The van der Waals surface area contributed by atoms with Gasteiger partial charge < -0.3 is 4.57 Å². The fraction of sp³-hybridized carbons (Fsp3) is 0.0556. The lowest BCUT2D eigenvalue weighted by molar-refractivity contribution is 0.835. The number of halogens is 1. The summed E-state index contributed by atoms with van der Waals surface area (Å²) in [7, 11) is 0. The number of rotatable bonds is 4. The molecule has 0 amide bonds. The van der Waals surface area contributed by atoms with Gasteiger partial charge in [-0.05, 0) is 23.8 Å². The van der Waals surface area contributed by atoms with Crippen molar-refractivity contribution in [3.05, 3.63) is 83.5 Å². The van der Waals surface area contributed by atoms with Gasteiger partial charge in [0.2, 0.25) is 0 Å². The first-order valence-corrected chi connectivity index (χ1v) is 7.89. The molecule has 0 aliphatic carbocycles. The van der Waals surface area contributed by atoms with Crippen LogP contribution in [-0.4, -0.2) is 25.7 Å². The quantitative estimate of drug-likeness (QED) is 0.532. The van der Waals surface area contributed by atoms with Crippen LogP contribution in [0.4, 0.5) is 0 Å². The molecule has 0 fully saturated rings. The highest BCUT2D eigenvalue weighted by atomic mass is 35.5. The Morgan fingerprint density at radius 1 is 1.04 bits per heavy atom. The zero-order chi connectivity index (χ0) is 16.4. The predicted octanol–water partition coefficient (Wildman–Crippen LogP) is 3.82. The number of hydrogen-bond acceptors (Lipinski definition) is 3. The minimum atomic E-state index is 0.748. The minimum absolute atomic E-state index is 0.748. The van der Waals surface area contributed by atoms with Gasteiger partial charge in [0.15, 0.2) is 0 Å². The zero-order valence-electron chi connectivity index (χ0n) is 12.7. The van der Waals surface area contributed by atoms with Gasteiger partial charge in [-0.3, -0.25) is 0 Å². The summed E-state index contributed by atoms with van der Waals surface area (Å²) < 4.78 is 3.78. The van der Waals surface area contributed by atoms with Crippen molar-refractivity contribution in [3.63, 3.8) is 0 Å². The summed E-state index contributed by atoms with van der Waals surface area (Å²) in [6, 6.07) is 16.2. The molecule has 0 aliphatic heterocycles. The molecular weight excluding hydrogens is 322 g/mol. The van der Waals surface area contributed by atoms with Gasteiger partial charge in [-0.2, -0.15) is 5.10 Å². The molecule has 0 spiro atoms. The Kier molecular flexibility index (Phi) is 3.84. The zero-order valence-corrected chi connectivity index (χ0v) is 13.5. The van der Waals surface area contributed by atoms with Crippen molar-refractivity contribution in [2.45, 2.75) is 6.54 Å². The smallest absolute Gasteiger partial charge is 0.141 e. The molecule has 0 unspecified atom stereocenters. The van der Waals surface area contributed by atoms with Crippen molar-refractivity contribution in [3.8, 4) is 0 Å². The Morgan fingerprint density at radius 2 is 1.88 bits per heavy atom. The number of benzene rings is 2. The first-order chi connectivity index (χ1) is 11.8. The molecule has 0 bridgehead atoms. The Balaban J connectivity index is 1.73. The van der Waals surface area contributed by atoms with E-state index in [1.54, 1.807) is 17.3 Å². The monoisotopic (exact) mass is 335 g/mol. The molecule has 0 radical (unpaired) electrons. The van der Waals surface area contributed by atoms with Crippen LogP contribution in [0.1, 0.15) is 11.1 Å². The average Bonchev–Trinajstić information content (AvgIpc) is 3.22. The molecule has 0 aliphatic rings. The average molecular weight is 336 g/mol. The highest BCUT2D eigenvalue weighted by Gasteiger charge is 2.07. The molecular formula is C18H14ClN5. The van der Waals surface area contributed by atoms with Crippen molar-refractivity contribution in [1.82, 2.24) is 19.4 Å². The Labute approximate surface area is 143 Å². The second-order valence-corrected chi connectivity index (χ2v) is 5.88. The van der Waals surface area contributed by atoms with Crippen LogP contribution in [0.5, 0.6) is 0 Å². The lowest BCUT2D eigenvalue weighted by atomic mass is 10.2. The van der Waals surface area contributed by atoms with E-state index in [4.69, 9.17) is 11.6 Å². The maximum atomic E-state index is 6.10. The van der Waals surface area contributed by atoms with E-state index < -0.39 is 0 Å². The van der Waals surface area contributed by atoms with E-state index in [2.05, 4.69) is 44.3 Å². The normalized spacial score (nSPS) is 11.5. The molecule has 0 saturated carbocycles. The minimum Gasteiger partial charge on any atom is -0.342 e. The standard InChI is InChI=1S/C18H14ClN5/c19-16-5-3-4-14(8-16)10-23-11-15(9-22-24-12-20-21-13-24)17-6-1-2-7-18(17)23/h1-9,11-13H,10H2/b22-9-. The van der Waals surface area contributed by atoms with Gasteiger partial charge in [-0.25, -0.2) is 4.68 Å². The largest absolute Gasteiger partial charge is 0.342 e. The summed E-state index contributed by atoms with van der Waals surface area (Å²) >= 11 is 6.10. The molecule has 2 heterocycles. The van der Waals surface area contributed by atoms with E-state index in [9.17, 15) is 0 Å². The van der Waals surface area contributed by atoms with E-state index in [-0.39, 0.29) is 0 Å². The lowest BCUT2D eigenvalue weighted by Crippen LogP contribution is -1.97.